The molecule has 2 atom stereocenters. The van der Waals surface area contributed by atoms with Crippen LogP contribution in [-0.4, -0.2) is 23.7 Å². The van der Waals surface area contributed by atoms with E-state index < -0.39 is 0 Å². The van der Waals surface area contributed by atoms with Gasteiger partial charge in [0, 0.05) is 22.8 Å². The van der Waals surface area contributed by atoms with E-state index in [1.165, 1.54) is 11.3 Å². The van der Waals surface area contributed by atoms with E-state index in [0.29, 0.717) is 17.1 Å². The van der Waals surface area contributed by atoms with Crippen molar-refractivity contribution in [2.75, 3.05) is 12.3 Å². The van der Waals surface area contributed by atoms with Crippen LogP contribution in [0.3, 0.4) is 0 Å². The van der Waals surface area contributed by atoms with Crippen molar-refractivity contribution in [2.24, 2.45) is 5.92 Å². The number of aliphatic hydroxyl groups excluding tert-OH is 1. The predicted octanol–water partition coefficient (Wildman–Crippen LogP) is 2.37. The van der Waals surface area contributed by atoms with Gasteiger partial charge in [0.1, 0.15) is 0 Å². The van der Waals surface area contributed by atoms with E-state index in [2.05, 4.69) is 5.32 Å². The van der Waals surface area contributed by atoms with Crippen molar-refractivity contribution in [3.63, 3.8) is 0 Å². The molecule has 106 valence electrons. The molecule has 1 fully saturated rings. The van der Waals surface area contributed by atoms with E-state index in [1.54, 1.807) is 0 Å². The van der Waals surface area contributed by atoms with Crippen LogP contribution in [0.1, 0.15) is 28.9 Å². The first-order valence-corrected chi connectivity index (χ1v) is 7.70. The number of nitrogens with two attached hydrogens (primary N) is 1. The Bertz CT molecular complexity index is 638. The highest BCUT2D eigenvalue weighted by molar-refractivity contribution is 7.20. The van der Waals surface area contributed by atoms with E-state index in [-0.39, 0.29) is 17.9 Å². The van der Waals surface area contributed by atoms with E-state index in [4.69, 9.17) is 5.73 Å². The number of rotatable bonds is 3. The third-order valence-electron chi connectivity index (χ3n) is 3.91. The molecule has 5 heteroatoms. The maximum Gasteiger partial charge on any atom is 0.261 e. The Morgan fingerprint density at radius 1 is 1.40 bits per heavy atom. The van der Waals surface area contributed by atoms with Gasteiger partial charge in [0.05, 0.1) is 11.0 Å². The fraction of sp³-hybridized carbons (Fsp3) is 0.400. The van der Waals surface area contributed by atoms with Crippen LogP contribution in [-0.2, 0) is 0 Å². The van der Waals surface area contributed by atoms with E-state index >= 15 is 0 Å². The third kappa shape index (κ3) is 2.64. The second-order valence-electron chi connectivity index (χ2n) is 5.38. The zero-order valence-electron chi connectivity index (χ0n) is 11.1. The van der Waals surface area contributed by atoms with E-state index in [1.807, 2.05) is 24.3 Å². The summed E-state index contributed by atoms with van der Waals surface area (Å²) in [4.78, 5) is 12.8. The van der Waals surface area contributed by atoms with Crippen LogP contribution in [0.15, 0.2) is 24.3 Å². The third-order valence-corrected chi connectivity index (χ3v) is 5.02. The van der Waals surface area contributed by atoms with Gasteiger partial charge in [-0.1, -0.05) is 6.42 Å². The largest absolute Gasteiger partial charge is 0.399 e. The average Bonchev–Trinajstić information content (AvgIpc) is 3.01. The van der Waals surface area contributed by atoms with Gasteiger partial charge < -0.3 is 16.2 Å². The zero-order chi connectivity index (χ0) is 14.1. The summed E-state index contributed by atoms with van der Waals surface area (Å²) in [6.07, 6.45) is 2.62. The second-order valence-corrected chi connectivity index (χ2v) is 6.46. The first kappa shape index (κ1) is 13.4. The minimum absolute atomic E-state index is 0.0659. The normalized spacial score (nSPS) is 22.2. The van der Waals surface area contributed by atoms with Crippen molar-refractivity contribution in [3.8, 4) is 0 Å². The van der Waals surface area contributed by atoms with Gasteiger partial charge in [-0.3, -0.25) is 4.79 Å². The highest BCUT2D eigenvalue weighted by Gasteiger charge is 2.25. The molecule has 1 saturated carbocycles. The fourth-order valence-corrected chi connectivity index (χ4v) is 3.70. The minimum Gasteiger partial charge on any atom is -0.399 e. The second kappa shape index (κ2) is 5.42. The van der Waals surface area contributed by atoms with Gasteiger partial charge >= 0.3 is 0 Å². The van der Waals surface area contributed by atoms with Gasteiger partial charge in [-0.15, -0.1) is 11.3 Å². The van der Waals surface area contributed by atoms with Crippen molar-refractivity contribution in [1.29, 1.82) is 0 Å². The van der Waals surface area contributed by atoms with Crippen LogP contribution < -0.4 is 11.1 Å². The molecule has 0 bridgehead atoms. The Morgan fingerprint density at radius 2 is 2.25 bits per heavy atom. The van der Waals surface area contributed by atoms with Crippen molar-refractivity contribution in [2.45, 2.75) is 25.4 Å². The number of nitrogen functional groups attached to an aromatic ring is 1. The van der Waals surface area contributed by atoms with Gasteiger partial charge in [0.25, 0.3) is 5.91 Å². The fourth-order valence-electron chi connectivity index (χ4n) is 2.74. The number of hydrogen-bond acceptors (Lipinski definition) is 4. The molecule has 1 aromatic heterocycles. The van der Waals surface area contributed by atoms with Crippen LogP contribution in [0.5, 0.6) is 0 Å². The van der Waals surface area contributed by atoms with Crippen LogP contribution in [0.4, 0.5) is 5.69 Å². The van der Waals surface area contributed by atoms with Crippen molar-refractivity contribution >= 4 is 33.0 Å². The summed E-state index contributed by atoms with van der Waals surface area (Å²) in [7, 11) is 0. The molecule has 1 amide bonds. The smallest absolute Gasteiger partial charge is 0.261 e. The maximum absolute atomic E-state index is 12.1. The number of benzene rings is 1. The summed E-state index contributed by atoms with van der Waals surface area (Å²) in [6, 6.07) is 7.53. The number of anilines is 1. The molecule has 0 saturated heterocycles. The highest BCUT2D eigenvalue weighted by atomic mass is 32.1. The molecular weight excluding hydrogens is 272 g/mol. The number of carbonyl (C=O) groups is 1. The molecule has 3 rings (SSSR count). The first-order valence-electron chi connectivity index (χ1n) is 6.89. The van der Waals surface area contributed by atoms with Crippen molar-refractivity contribution in [1.82, 2.24) is 5.32 Å². The van der Waals surface area contributed by atoms with Crippen molar-refractivity contribution < 1.29 is 9.90 Å². The Morgan fingerprint density at radius 3 is 3.00 bits per heavy atom. The highest BCUT2D eigenvalue weighted by Crippen LogP contribution is 2.28. The Labute approximate surface area is 121 Å². The van der Waals surface area contributed by atoms with Gasteiger partial charge in [0.2, 0.25) is 0 Å². The predicted molar refractivity (Wildman–Crippen MR) is 81.9 cm³/mol. The topological polar surface area (TPSA) is 75.4 Å². The number of nitrogens with one attached hydrogen (secondary N) is 1. The molecule has 0 spiro atoms. The lowest BCUT2D eigenvalue weighted by atomic mass is 10.1. The number of amides is 1. The molecule has 1 aliphatic rings. The van der Waals surface area contributed by atoms with Crippen LogP contribution in [0, 0.1) is 5.92 Å². The van der Waals surface area contributed by atoms with Crippen LogP contribution >= 0.6 is 11.3 Å². The number of fused-ring (bicyclic) bond motifs is 1. The summed E-state index contributed by atoms with van der Waals surface area (Å²) in [6.45, 7) is 0.552. The Balaban J connectivity index is 1.69. The molecule has 2 unspecified atom stereocenters. The molecule has 2 aromatic rings. The Hall–Kier alpha value is -1.59. The lowest BCUT2D eigenvalue weighted by Gasteiger charge is -2.14. The number of thiophene rings is 1. The van der Waals surface area contributed by atoms with E-state index in [0.717, 1.165) is 29.3 Å². The molecule has 1 heterocycles. The summed E-state index contributed by atoms with van der Waals surface area (Å²) < 4.78 is 1.06. The maximum atomic E-state index is 12.1. The van der Waals surface area contributed by atoms with E-state index in [9.17, 15) is 9.90 Å². The molecule has 1 aliphatic carbocycles. The molecule has 20 heavy (non-hydrogen) atoms. The van der Waals surface area contributed by atoms with Gasteiger partial charge in [-0.25, -0.2) is 0 Å². The molecule has 0 aliphatic heterocycles. The average molecular weight is 290 g/mol. The molecule has 4 nitrogen and oxygen atoms in total. The SMILES string of the molecule is Nc1ccc2sc(C(=O)NCC3CCCC3O)cc2c1. The summed E-state index contributed by atoms with van der Waals surface area (Å²) >= 11 is 1.47. The number of carbonyl (C=O) groups excluding carboxylic acids is 1. The molecular formula is C15H18N2O2S. The van der Waals surface area contributed by atoms with Gasteiger partial charge in [0.15, 0.2) is 0 Å². The molecule has 1 aromatic carbocycles. The number of hydrogen-bond donors (Lipinski definition) is 3. The zero-order valence-corrected chi connectivity index (χ0v) is 12.0. The summed E-state index contributed by atoms with van der Waals surface area (Å²) in [5, 5.41) is 13.7. The summed E-state index contributed by atoms with van der Waals surface area (Å²) in [5.41, 5.74) is 6.45. The Kier molecular flexibility index (Phi) is 3.63. The lowest BCUT2D eigenvalue weighted by Crippen LogP contribution is -2.31. The molecule has 0 radical (unpaired) electrons. The first-order chi connectivity index (χ1) is 9.63. The lowest BCUT2D eigenvalue weighted by molar-refractivity contribution is 0.0921. The minimum atomic E-state index is -0.266. The number of aliphatic hydroxyl groups is 1. The van der Waals surface area contributed by atoms with Gasteiger partial charge in [-0.2, -0.15) is 0 Å². The van der Waals surface area contributed by atoms with Crippen LogP contribution in [0.2, 0.25) is 0 Å². The quantitative estimate of drug-likeness (QED) is 0.760. The summed E-state index contributed by atoms with van der Waals surface area (Å²) in [5.74, 6) is 0.132. The monoisotopic (exact) mass is 290 g/mol. The van der Waals surface area contributed by atoms with Crippen LogP contribution in [0.25, 0.3) is 10.1 Å². The standard InChI is InChI=1S/C15H18N2O2S/c16-11-4-5-13-10(6-11)7-14(20-13)15(19)17-8-9-2-1-3-12(9)18/h4-7,9,12,18H,1-3,8,16H2,(H,17,19). The van der Waals surface area contributed by atoms with Crippen molar-refractivity contribution in [3.05, 3.63) is 29.1 Å². The molecule has 4 N–H and O–H groups in total. The van der Waals surface area contributed by atoms with Gasteiger partial charge in [-0.05, 0) is 42.5 Å².